The van der Waals surface area contributed by atoms with Crippen LogP contribution in [0.4, 0.5) is 0 Å². The van der Waals surface area contributed by atoms with E-state index in [0.29, 0.717) is 12.5 Å². The van der Waals surface area contributed by atoms with Crippen molar-refractivity contribution in [2.45, 2.75) is 38.3 Å². The van der Waals surface area contributed by atoms with Gasteiger partial charge in [-0.1, -0.05) is 43.7 Å². The highest BCUT2D eigenvalue weighted by Crippen LogP contribution is 2.36. The normalized spacial score (nSPS) is 31.6. The minimum atomic E-state index is -0.0299. The van der Waals surface area contributed by atoms with Crippen LogP contribution >= 0.6 is 0 Å². The second kappa shape index (κ2) is 5.33. The van der Waals surface area contributed by atoms with Crippen LogP contribution in [0.15, 0.2) is 30.3 Å². The van der Waals surface area contributed by atoms with Gasteiger partial charge in [0.05, 0.1) is 6.04 Å². The second-order valence-corrected chi connectivity index (χ2v) is 5.55. The monoisotopic (exact) mass is 259 g/mol. The van der Waals surface area contributed by atoms with E-state index in [1.54, 1.807) is 0 Å². The molecule has 2 heterocycles. The number of cyclic esters (lactones) is 1. The number of nitrogens with zero attached hydrogens (tertiary/aromatic N) is 1. The molecule has 0 aliphatic carbocycles. The summed E-state index contributed by atoms with van der Waals surface area (Å²) in [7, 11) is 0. The average Bonchev–Trinajstić information content (AvgIpc) is 2.48. The fourth-order valence-corrected chi connectivity index (χ4v) is 3.51. The smallest absolute Gasteiger partial charge is 0.323 e. The van der Waals surface area contributed by atoms with E-state index >= 15 is 0 Å². The molecule has 0 bridgehead atoms. The molecule has 19 heavy (non-hydrogen) atoms. The molecule has 1 aromatic carbocycles. The Kier molecular flexibility index (Phi) is 3.56. The van der Waals surface area contributed by atoms with Crippen molar-refractivity contribution in [3.63, 3.8) is 0 Å². The van der Waals surface area contributed by atoms with Gasteiger partial charge in [-0.25, -0.2) is 0 Å². The molecule has 2 aliphatic rings. The predicted octanol–water partition coefficient (Wildman–Crippen LogP) is 2.78. The van der Waals surface area contributed by atoms with Gasteiger partial charge < -0.3 is 4.74 Å². The number of ether oxygens (including phenoxy) is 1. The Bertz CT molecular complexity index is 445. The molecule has 2 saturated heterocycles. The lowest BCUT2D eigenvalue weighted by molar-refractivity contribution is -0.169. The van der Waals surface area contributed by atoms with Gasteiger partial charge >= 0.3 is 5.97 Å². The van der Waals surface area contributed by atoms with Crippen LogP contribution < -0.4 is 0 Å². The molecular weight excluding hydrogens is 238 g/mol. The van der Waals surface area contributed by atoms with Crippen LogP contribution in [-0.2, 0) is 9.53 Å². The number of carbonyl (C=O) groups excluding carboxylic acids is 1. The van der Waals surface area contributed by atoms with Crippen LogP contribution in [0.3, 0.4) is 0 Å². The highest BCUT2D eigenvalue weighted by Gasteiger charge is 2.44. The average molecular weight is 259 g/mol. The number of fused-ring (bicyclic) bond motifs is 1. The number of carbonyl (C=O) groups is 1. The molecule has 1 aromatic rings. The van der Waals surface area contributed by atoms with Crippen molar-refractivity contribution in [1.82, 2.24) is 4.90 Å². The molecule has 0 spiro atoms. The number of hydrogen-bond donors (Lipinski definition) is 0. The van der Waals surface area contributed by atoms with Crippen LogP contribution in [0.2, 0.25) is 0 Å². The summed E-state index contributed by atoms with van der Waals surface area (Å²) in [4.78, 5) is 14.5. The van der Waals surface area contributed by atoms with Crippen molar-refractivity contribution in [2.75, 3.05) is 13.2 Å². The molecule has 0 N–H and O–H groups in total. The van der Waals surface area contributed by atoms with Crippen molar-refractivity contribution in [3.05, 3.63) is 35.9 Å². The Balaban J connectivity index is 1.89. The Labute approximate surface area is 114 Å². The van der Waals surface area contributed by atoms with E-state index in [2.05, 4.69) is 36.1 Å². The summed E-state index contributed by atoms with van der Waals surface area (Å²) in [5, 5.41) is 0. The lowest BCUT2D eigenvalue weighted by Crippen LogP contribution is -2.56. The summed E-state index contributed by atoms with van der Waals surface area (Å²) in [6.07, 6.45) is 3.39. The molecule has 0 aromatic heterocycles. The van der Waals surface area contributed by atoms with E-state index in [1.165, 1.54) is 12.0 Å². The first kappa shape index (κ1) is 12.7. The number of piperidine rings is 1. The Hall–Kier alpha value is -1.35. The molecule has 3 rings (SSSR count). The molecular formula is C16H21NO2. The summed E-state index contributed by atoms with van der Waals surface area (Å²) in [5.74, 6) is 0.437. The molecule has 0 saturated carbocycles. The number of rotatable bonds is 2. The van der Waals surface area contributed by atoms with Gasteiger partial charge in [0.15, 0.2) is 0 Å². The first-order chi connectivity index (χ1) is 9.31. The summed E-state index contributed by atoms with van der Waals surface area (Å²) in [6, 6.07) is 10.6. The molecule has 3 nitrogen and oxygen atoms in total. The van der Waals surface area contributed by atoms with E-state index in [9.17, 15) is 4.79 Å². The Morgan fingerprint density at radius 2 is 2.11 bits per heavy atom. The van der Waals surface area contributed by atoms with Crippen molar-refractivity contribution in [2.24, 2.45) is 5.92 Å². The van der Waals surface area contributed by atoms with Crippen molar-refractivity contribution >= 4 is 5.97 Å². The van der Waals surface area contributed by atoms with Crippen molar-refractivity contribution in [1.29, 1.82) is 0 Å². The molecule has 3 atom stereocenters. The summed E-state index contributed by atoms with van der Waals surface area (Å²) < 4.78 is 5.47. The number of morpholine rings is 1. The molecule has 0 unspecified atom stereocenters. The first-order valence-electron chi connectivity index (χ1n) is 7.28. The maximum absolute atomic E-state index is 12.1. The molecule has 2 aliphatic heterocycles. The minimum absolute atomic E-state index is 0.0151. The van der Waals surface area contributed by atoms with Gasteiger partial charge in [-0.05, 0) is 30.9 Å². The quantitative estimate of drug-likeness (QED) is 0.765. The topological polar surface area (TPSA) is 29.5 Å². The minimum Gasteiger partial charge on any atom is -0.462 e. The molecule has 0 radical (unpaired) electrons. The predicted molar refractivity (Wildman–Crippen MR) is 73.7 cm³/mol. The number of esters is 1. The number of hydrogen-bond acceptors (Lipinski definition) is 3. The van der Waals surface area contributed by atoms with Gasteiger partial charge in [-0.15, -0.1) is 0 Å². The van der Waals surface area contributed by atoms with Crippen LogP contribution in [-0.4, -0.2) is 30.1 Å². The lowest BCUT2D eigenvalue weighted by Gasteiger charge is -2.46. The highest BCUT2D eigenvalue weighted by atomic mass is 16.5. The Morgan fingerprint density at radius 1 is 1.32 bits per heavy atom. The molecule has 102 valence electrons. The third kappa shape index (κ3) is 2.27. The third-order valence-electron chi connectivity index (χ3n) is 4.53. The zero-order valence-corrected chi connectivity index (χ0v) is 11.4. The van der Waals surface area contributed by atoms with Gasteiger partial charge in [0.1, 0.15) is 12.6 Å². The highest BCUT2D eigenvalue weighted by molar-refractivity contribution is 5.77. The van der Waals surface area contributed by atoms with Gasteiger partial charge in [0.25, 0.3) is 0 Å². The summed E-state index contributed by atoms with van der Waals surface area (Å²) in [6.45, 7) is 3.68. The maximum atomic E-state index is 12.1. The zero-order chi connectivity index (χ0) is 13.2. The Morgan fingerprint density at radius 3 is 2.84 bits per heavy atom. The van der Waals surface area contributed by atoms with Crippen molar-refractivity contribution in [3.8, 4) is 0 Å². The maximum Gasteiger partial charge on any atom is 0.323 e. The van der Waals surface area contributed by atoms with E-state index in [-0.39, 0.29) is 18.1 Å². The van der Waals surface area contributed by atoms with E-state index in [0.717, 1.165) is 19.4 Å². The van der Waals surface area contributed by atoms with Gasteiger partial charge in [0.2, 0.25) is 0 Å². The summed E-state index contributed by atoms with van der Waals surface area (Å²) >= 11 is 0. The van der Waals surface area contributed by atoms with E-state index in [1.807, 2.05) is 6.07 Å². The fraction of sp³-hybridized carbons (Fsp3) is 0.562. The van der Waals surface area contributed by atoms with E-state index in [4.69, 9.17) is 4.74 Å². The molecule has 0 amide bonds. The van der Waals surface area contributed by atoms with Gasteiger partial charge in [-0.2, -0.15) is 0 Å². The van der Waals surface area contributed by atoms with Crippen LogP contribution in [0.1, 0.15) is 37.8 Å². The van der Waals surface area contributed by atoms with Crippen LogP contribution in [0, 0.1) is 5.92 Å². The lowest BCUT2D eigenvalue weighted by atomic mass is 9.84. The van der Waals surface area contributed by atoms with Crippen LogP contribution in [0.5, 0.6) is 0 Å². The largest absolute Gasteiger partial charge is 0.462 e. The molecule has 3 heteroatoms. The molecule has 2 fully saturated rings. The van der Waals surface area contributed by atoms with Crippen molar-refractivity contribution < 1.29 is 9.53 Å². The second-order valence-electron chi connectivity index (χ2n) is 5.55. The number of benzene rings is 1. The SMILES string of the molecule is CC[C@@H]1CCCN2[C@@H]1C(=O)OC[C@H]2c1ccccc1. The summed E-state index contributed by atoms with van der Waals surface area (Å²) in [5.41, 5.74) is 1.26. The standard InChI is InChI=1S/C16H21NO2/c1-2-12-9-6-10-17-14(11-19-16(18)15(12)17)13-7-4-3-5-8-13/h3-5,7-8,12,14-15H,2,6,9-11H2,1H3/t12-,14+,15+/m1/s1. The fourth-order valence-electron chi connectivity index (χ4n) is 3.51. The van der Waals surface area contributed by atoms with Gasteiger partial charge in [0, 0.05) is 0 Å². The van der Waals surface area contributed by atoms with E-state index < -0.39 is 0 Å². The first-order valence-corrected chi connectivity index (χ1v) is 7.28. The third-order valence-corrected chi connectivity index (χ3v) is 4.53. The van der Waals surface area contributed by atoms with Gasteiger partial charge in [-0.3, -0.25) is 9.69 Å². The zero-order valence-electron chi connectivity index (χ0n) is 11.4. The van der Waals surface area contributed by atoms with Crippen LogP contribution in [0.25, 0.3) is 0 Å².